The zero-order valence-corrected chi connectivity index (χ0v) is 10.9. The van der Waals surface area contributed by atoms with E-state index in [0.29, 0.717) is 24.9 Å². The van der Waals surface area contributed by atoms with E-state index in [1.807, 2.05) is 6.07 Å². The van der Waals surface area contributed by atoms with Gasteiger partial charge in [0, 0.05) is 23.0 Å². The minimum Gasteiger partial charge on any atom is -0.481 e. The topological polar surface area (TPSA) is 66.4 Å². The van der Waals surface area contributed by atoms with Crippen molar-refractivity contribution in [2.45, 2.75) is 19.3 Å². The number of halogens is 1. The van der Waals surface area contributed by atoms with E-state index in [1.165, 1.54) is 0 Å². The molecule has 0 aliphatic carbocycles. The van der Waals surface area contributed by atoms with Gasteiger partial charge >= 0.3 is 5.97 Å². The van der Waals surface area contributed by atoms with Crippen LogP contribution in [0.2, 0.25) is 0 Å². The Bertz CT molecular complexity index is 406. The van der Waals surface area contributed by atoms with E-state index in [9.17, 15) is 9.59 Å². The minimum atomic E-state index is -0.802. The Morgan fingerprint density at radius 2 is 2.06 bits per heavy atom. The highest BCUT2D eigenvalue weighted by Crippen LogP contribution is 2.11. The van der Waals surface area contributed by atoms with Gasteiger partial charge in [0.1, 0.15) is 0 Å². The summed E-state index contributed by atoms with van der Waals surface area (Å²) in [5, 5.41) is 11.2. The van der Waals surface area contributed by atoms with Gasteiger partial charge in [-0.05, 0) is 31.0 Å². The number of nitrogens with one attached hydrogen (secondary N) is 1. The van der Waals surface area contributed by atoms with Crippen molar-refractivity contribution in [3.63, 3.8) is 0 Å². The normalized spacial score (nSPS) is 9.94. The first-order valence-electron chi connectivity index (χ1n) is 5.35. The van der Waals surface area contributed by atoms with Crippen molar-refractivity contribution >= 4 is 27.8 Å². The summed E-state index contributed by atoms with van der Waals surface area (Å²) in [6, 6.07) is 7.12. The number of carbonyl (C=O) groups excluding carboxylic acids is 1. The van der Waals surface area contributed by atoms with E-state index in [2.05, 4.69) is 21.2 Å². The number of amides is 1. The zero-order chi connectivity index (χ0) is 12.7. The monoisotopic (exact) mass is 299 g/mol. The fraction of sp³-hybridized carbons (Fsp3) is 0.333. The van der Waals surface area contributed by atoms with E-state index in [4.69, 9.17) is 5.11 Å². The second kappa shape index (κ2) is 7.06. The second-order valence-corrected chi connectivity index (χ2v) is 4.53. The van der Waals surface area contributed by atoms with Crippen LogP contribution in [0, 0.1) is 0 Å². The maximum absolute atomic E-state index is 11.6. The summed E-state index contributed by atoms with van der Waals surface area (Å²) in [5.74, 6) is -0.940. The van der Waals surface area contributed by atoms with Gasteiger partial charge in [0.25, 0.3) is 5.91 Å². The molecule has 0 bridgehead atoms. The molecule has 17 heavy (non-hydrogen) atoms. The summed E-state index contributed by atoms with van der Waals surface area (Å²) in [6.07, 6.45) is 1.40. The molecule has 0 radical (unpaired) electrons. The van der Waals surface area contributed by atoms with Gasteiger partial charge in [0.2, 0.25) is 0 Å². The van der Waals surface area contributed by atoms with Crippen molar-refractivity contribution < 1.29 is 14.7 Å². The van der Waals surface area contributed by atoms with E-state index in [0.717, 1.165) is 4.47 Å². The standard InChI is InChI=1S/C12H14BrNO3/c13-10-5-3-4-9(8-10)12(17)14-7-2-1-6-11(15)16/h3-5,8H,1-2,6-7H2,(H,14,17)(H,15,16). The van der Waals surface area contributed by atoms with Crippen LogP contribution in [-0.4, -0.2) is 23.5 Å². The first-order chi connectivity index (χ1) is 8.09. The van der Waals surface area contributed by atoms with Crippen molar-refractivity contribution in [3.8, 4) is 0 Å². The third-order valence-corrected chi connectivity index (χ3v) is 2.68. The molecule has 0 aromatic heterocycles. The Morgan fingerprint density at radius 3 is 2.71 bits per heavy atom. The van der Waals surface area contributed by atoms with Gasteiger partial charge in [-0.2, -0.15) is 0 Å². The number of unbranched alkanes of at least 4 members (excludes halogenated alkanes) is 1. The predicted octanol–water partition coefficient (Wildman–Crippen LogP) is 2.43. The van der Waals surface area contributed by atoms with E-state index in [1.54, 1.807) is 18.2 Å². The molecule has 4 nitrogen and oxygen atoms in total. The van der Waals surface area contributed by atoms with Gasteiger partial charge < -0.3 is 10.4 Å². The van der Waals surface area contributed by atoms with Crippen LogP contribution in [0.25, 0.3) is 0 Å². The van der Waals surface area contributed by atoms with Gasteiger partial charge in [0.15, 0.2) is 0 Å². The van der Waals surface area contributed by atoms with Crippen LogP contribution in [0.4, 0.5) is 0 Å². The molecular weight excluding hydrogens is 286 g/mol. The minimum absolute atomic E-state index is 0.137. The lowest BCUT2D eigenvalue weighted by Gasteiger charge is -2.04. The summed E-state index contributed by atoms with van der Waals surface area (Å²) in [5.41, 5.74) is 0.595. The van der Waals surface area contributed by atoms with Crippen LogP contribution >= 0.6 is 15.9 Å². The Balaban J connectivity index is 2.28. The van der Waals surface area contributed by atoms with E-state index in [-0.39, 0.29) is 12.3 Å². The smallest absolute Gasteiger partial charge is 0.303 e. The second-order valence-electron chi connectivity index (χ2n) is 3.62. The number of carboxylic acids is 1. The van der Waals surface area contributed by atoms with Crippen LogP contribution in [-0.2, 0) is 4.79 Å². The van der Waals surface area contributed by atoms with Gasteiger partial charge in [-0.25, -0.2) is 0 Å². The van der Waals surface area contributed by atoms with Crippen LogP contribution < -0.4 is 5.32 Å². The molecule has 92 valence electrons. The molecule has 5 heteroatoms. The average molecular weight is 300 g/mol. The fourth-order valence-corrected chi connectivity index (χ4v) is 1.73. The predicted molar refractivity (Wildman–Crippen MR) is 68.0 cm³/mol. The average Bonchev–Trinajstić information content (AvgIpc) is 2.28. The quantitative estimate of drug-likeness (QED) is 0.793. The summed E-state index contributed by atoms with van der Waals surface area (Å²) in [4.78, 5) is 21.9. The lowest BCUT2D eigenvalue weighted by Crippen LogP contribution is -2.24. The number of carboxylic acid groups (broad SMARTS) is 1. The highest BCUT2D eigenvalue weighted by Gasteiger charge is 2.04. The van der Waals surface area contributed by atoms with Crippen molar-refractivity contribution in [3.05, 3.63) is 34.3 Å². The maximum Gasteiger partial charge on any atom is 0.303 e. The summed E-state index contributed by atoms with van der Waals surface area (Å²) >= 11 is 3.29. The van der Waals surface area contributed by atoms with Crippen LogP contribution in [0.1, 0.15) is 29.6 Å². The molecule has 0 unspecified atom stereocenters. The van der Waals surface area contributed by atoms with Crippen molar-refractivity contribution in [2.75, 3.05) is 6.54 Å². The number of benzene rings is 1. The summed E-state index contributed by atoms with van der Waals surface area (Å²) in [6.45, 7) is 0.499. The molecule has 0 aliphatic rings. The molecule has 0 fully saturated rings. The number of carbonyl (C=O) groups is 2. The van der Waals surface area contributed by atoms with Gasteiger partial charge in [-0.15, -0.1) is 0 Å². The Kier molecular flexibility index (Phi) is 5.69. The molecule has 1 aromatic rings. The number of rotatable bonds is 6. The maximum atomic E-state index is 11.6. The highest BCUT2D eigenvalue weighted by molar-refractivity contribution is 9.10. The molecule has 1 rings (SSSR count). The van der Waals surface area contributed by atoms with Crippen molar-refractivity contribution in [1.29, 1.82) is 0 Å². The van der Waals surface area contributed by atoms with Gasteiger partial charge in [-0.1, -0.05) is 22.0 Å². The largest absolute Gasteiger partial charge is 0.481 e. The summed E-state index contributed by atoms with van der Waals surface area (Å²) < 4.78 is 0.857. The Morgan fingerprint density at radius 1 is 1.29 bits per heavy atom. The van der Waals surface area contributed by atoms with E-state index >= 15 is 0 Å². The Labute approximate surface area is 108 Å². The zero-order valence-electron chi connectivity index (χ0n) is 9.28. The third kappa shape index (κ3) is 5.49. The fourth-order valence-electron chi connectivity index (χ4n) is 1.33. The number of aliphatic carboxylic acids is 1. The van der Waals surface area contributed by atoms with Crippen molar-refractivity contribution in [1.82, 2.24) is 5.32 Å². The molecule has 0 atom stereocenters. The number of hydrogen-bond acceptors (Lipinski definition) is 2. The van der Waals surface area contributed by atoms with Crippen molar-refractivity contribution in [2.24, 2.45) is 0 Å². The van der Waals surface area contributed by atoms with Crippen LogP contribution in [0.15, 0.2) is 28.7 Å². The molecule has 0 heterocycles. The molecule has 0 aliphatic heterocycles. The Hall–Kier alpha value is -1.36. The third-order valence-electron chi connectivity index (χ3n) is 2.19. The molecule has 0 saturated carbocycles. The lowest BCUT2D eigenvalue weighted by molar-refractivity contribution is -0.137. The first-order valence-corrected chi connectivity index (χ1v) is 6.14. The molecule has 2 N–H and O–H groups in total. The van der Waals surface area contributed by atoms with E-state index < -0.39 is 5.97 Å². The van der Waals surface area contributed by atoms with Crippen LogP contribution in [0.5, 0.6) is 0 Å². The lowest BCUT2D eigenvalue weighted by atomic mass is 10.2. The number of hydrogen-bond donors (Lipinski definition) is 2. The molecular formula is C12H14BrNO3. The molecule has 1 amide bonds. The summed E-state index contributed by atoms with van der Waals surface area (Å²) in [7, 11) is 0. The van der Waals surface area contributed by atoms with Crippen LogP contribution in [0.3, 0.4) is 0 Å². The highest BCUT2D eigenvalue weighted by atomic mass is 79.9. The molecule has 0 saturated heterocycles. The van der Waals surface area contributed by atoms with Gasteiger partial charge in [-0.3, -0.25) is 9.59 Å². The first kappa shape index (κ1) is 13.7. The SMILES string of the molecule is O=C(O)CCCCNC(=O)c1cccc(Br)c1. The molecule has 1 aromatic carbocycles. The molecule has 0 spiro atoms. The van der Waals surface area contributed by atoms with Gasteiger partial charge in [0.05, 0.1) is 0 Å².